The van der Waals surface area contributed by atoms with Crippen LogP contribution in [0, 0.1) is 5.92 Å². The van der Waals surface area contributed by atoms with Crippen molar-refractivity contribution >= 4 is 0 Å². The Labute approximate surface area is 119 Å². The van der Waals surface area contributed by atoms with E-state index in [1.54, 1.807) is 7.11 Å². The summed E-state index contributed by atoms with van der Waals surface area (Å²) in [5.74, 6) is 2.88. The first-order valence-electron chi connectivity index (χ1n) is 7.19. The van der Waals surface area contributed by atoms with E-state index in [0.29, 0.717) is 5.92 Å². The zero-order valence-corrected chi connectivity index (χ0v) is 11.9. The number of piperidine rings is 1. The molecule has 2 aliphatic rings. The molecule has 1 saturated heterocycles. The molecule has 0 aliphatic carbocycles. The lowest BCUT2D eigenvalue weighted by molar-refractivity contribution is 0.169. The lowest BCUT2D eigenvalue weighted by Crippen LogP contribution is -2.37. The molecule has 0 radical (unpaired) electrons. The minimum atomic E-state index is 0.272. The fraction of sp³-hybridized carbons (Fsp3) is 0.600. The van der Waals surface area contributed by atoms with Gasteiger partial charge in [0.15, 0.2) is 11.5 Å². The molecule has 0 amide bonds. The lowest BCUT2D eigenvalue weighted by Gasteiger charge is -2.32. The Morgan fingerprint density at radius 1 is 1.40 bits per heavy atom. The number of nitrogens with zero attached hydrogens (tertiary/aromatic N) is 1. The minimum absolute atomic E-state index is 0.272. The summed E-state index contributed by atoms with van der Waals surface area (Å²) in [5, 5.41) is 0. The predicted octanol–water partition coefficient (Wildman–Crippen LogP) is 1.59. The maximum atomic E-state index is 5.80. The van der Waals surface area contributed by atoms with Crippen LogP contribution in [0.2, 0.25) is 0 Å². The summed E-state index contributed by atoms with van der Waals surface area (Å²) in [6.45, 7) is 4.17. The molecular formula is C15H22N2O3. The van der Waals surface area contributed by atoms with Crippen molar-refractivity contribution in [3.63, 3.8) is 0 Å². The summed E-state index contributed by atoms with van der Waals surface area (Å²) in [4.78, 5) is 2.46. The molecular weight excluding hydrogens is 256 g/mol. The predicted molar refractivity (Wildman–Crippen MR) is 76.2 cm³/mol. The van der Waals surface area contributed by atoms with Crippen LogP contribution in [0.1, 0.15) is 18.4 Å². The highest BCUT2D eigenvalue weighted by molar-refractivity contribution is 5.55. The molecule has 1 atom stereocenters. The van der Waals surface area contributed by atoms with Crippen molar-refractivity contribution in [2.45, 2.75) is 19.4 Å². The number of hydrogen-bond acceptors (Lipinski definition) is 5. The van der Waals surface area contributed by atoms with Crippen molar-refractivity contribution in [3.8, 4) is 17.2 Å². The largest absolute Gasteiger partial charge is 0.493 e. The first-order chi connectivity index (χ1) is 9.80. The maximum Gasteiger partial charge on any atom is 0.231 e. The van der Waals surface area contributed by atoms with Crippen LogP contribution < -0.4 is 19.9 Å². The summed E-state index contributed by atoms with van der Waals surface area (Å²) in [6, 6.07) is 4.09. The Bertz CT molecular complexity index is 478. The maximum absolute atomic E-state index is 5.80. The van der Waals surface area contributed by atoms with Crippen LogP contribution in [0.3, 0.4) is 0 Å². The molecule has 20 heavy (non-hydrogen) atoms. The number of likely N-dealkylation sites (tertiary alicyclic amines) is 1. The van der Waals surface area contributed by atoms with Crippen molar-refractivity contribution in [1.29, 1.82) is 0 Å². The van der Waals surface area contributed by atoms with Gasteiger partial charge in [-0.05, 0) is 49.5 Å². The number of methoxy groups -OCH3 is 1. The fourth-order valence-corrected chi connectivity index (χ4v) is 3.02. The Hall–Kier alpha value is -1.46. The zero-order chi connectivity index (χ0) is 13.9. The van der Waals surface area contributed by atoms with Crippen LogP contribution in [0.5, 0.6) is 17.2 Å². The van der Waals surface area contributed by atoms with Gasteiger partial charge in [0.05, 0.1) is 7.11 Å². The highest BCUT2D eigenvalue weighted by atomic mass is 16.7. The zero-order valence-electron chi connectivity index (χ0n) is 11.9. The summed E-state index contributed by atoms with van der Waals surface area (Å²) in [7, 11) is 1.66. The highest BCUT2D eigenvalue weighted by Gasteiger charge is 2.23. The Balaban J connectivity index is 1.74. The lowest BCUT2D eigenvalue weighted by atomic mass is 9.98. The molecule has 0 aromatic heterocycles. The SMILES string of the molecule is COc1cc(CN2CCCC(CN)C2)cc2c1OCO2. The highest BCUT2D eigenvalue weighted by Crippen LogP contribution is 2.42. The molecule has 5 heteroatoms. The minimum Gasteiger partial charge on any atom is -0.493 e. The van der Waals surface area contributed by atoms with Gasteiger partial charge in [-0.25, -0.2) is 0 Å². The van der Waals surface area contributed by atoms with Crippen LogP contribution in [-0.4, -0.2) is 38.4 Å². The Morgan fingerprint density at radius 3 is 3.10 bits per heavy atom. The third kappa shape index (κ3) is 2.69. The second-order valence-electron chi connectivity index (χ2n) is 5.51. The van der Waals surface area contributed by atoms with Gasteiger partial charge in [-0.15, -0.1) is 0 Å². The normalized spacial score (nSPS) is 22.0. The molecule has 1 unspecified atom stereocenters. The monoisotopic (exact) mass is 278 g/mol. The second-order valence-corrected chi connectivity index (χ2v) is 5.51. The van der Waals surface area contributed by atoms with E-state index in [4.69, 9.17) is 19.9 Å². The van der Waals surface area contributed by atoms with Crippen molar-refractivity contribution in [2.24, 2.45) is 11.7 Å². The number of fused-ring (bicyclic) bond motifs is 1. The average molecular weight is 278 g/mol. The van der Waals surface area contributed by atoms with Gasteiger partial charge >= 0.3 is 0 Å². The van der Waals surface area contributed by atoms with Gasteiger partial charge in [0.25, 0.3) is 0 Å². The number of nitrogens with two attached hydrogens (primary N) is 1. The molecule has 5 nitrogen and oxygen atoms in total. The number of benzene rings is 1. The van der Waals surface area contributed by atoms with Crippen molar-refractivity contribution in [1.82, 2.24) is 4.90 Å². The van der Waals surface area contributed by atoms with Gasteiger partial charge in [-0.3, -0.25) is 4.90 Å². The van der Waals surface area contributed by atoms with Crippen LogP contribution >= 0.6 is 0 Å². The number of hydrogen-bond donors (Lipinski definition) is 1. The molecule has 2 N–H and O–H groups in total. The van der Waals surface area contributed by atoms with Gasteiger partial charge in [0.1, 0.15) is 0 Å². The van der Waals surface area contributed by atoms with E-state index in [2.05, 4.69) is 11.0 Å². The van der Waals surface area contributed by atoms with Gasteiger partial charge in [0, 0.05) is 13.1 Å². The molecule has 0 bridgehead atoms. The Kier molecular flexibility index (Phi) is 3.98. The standard InChI is InChI=1S/C15H22N2O3/c1-18-13-5-12(6-14-15(13)20-10-19-14)9-17-4-2-3-11(7-16)8-17/h5-6,11H,2-4,7-10,16H2,1H3. The first kappa shape index (κ1) is 13.5. The van der Waals surface area contributed by atoms with Gasteiger partial charge < -0.3 is 19.9 Å². The molecule has 110 valence electrons. The van der Waals surface area contributed by atoms with Crippen molar-refractivity contribution in [3.05, 3.63) is 17.7 Å². The topological polar surface area (TPSA) is 57.0 Å². The van der Waals surface area contributed by atoms with Gasteiger partial charge in [0.2, 0.25) is 12.5 Å². The van der Waals surface area contributed by atoms with Crippen LogP contribution in [0.15, 0.2) is 12.1 Å². The second kappa shape index (κ2) is 5.89. The molecule has 2 aliphatic heterocycles. The van der Waals surface area contributed by atoms with E-state index in [0.717, 1.165) is 43.4 Å². The number of ether oxygens (including phenoxy) is 3. The molecule has 0 spiro atoms. The van der Waals surface area contributed by atoms with E-state index in [-0.39, 0.29) is 6.79 Å². The van der Waals surface area contributed by atoms with Gasteiger partial charge in [-0.1, -0.05) is 0 Å². The van der Waals surface area contributed by atoms with Crippen molar-refractivity contribution in [2.75, 3.05) is 33.5 Å². The van der Waals surface area contributed by atoms with E-state index < -0.39 is 0 Å². The van der Waals surface area contributed by atoms with Crippen LogP contribution in [0.25, 0.3) is 0 Å². The summed E-state index contributed by atoms with van der Waals surface area (Å²) >= 11 is 0. The van der Waals surface area contributed by atoms with Crippen LogP contribution in [0.4, 0.5) is 0 Å². The fourth-order valence-electron chi connectivity index (χ4n) is 3.02. The van der Waals surface area contributed by atoms with E-state index in [1.165, 1.54) is 18.4 Å². The molecule has 0 saturated carbocycles. The summed E-state index contributed by atoms with van der Waals surface area (Å²) in [6.07, 6.45) is 2.47. The number of rotatable bonds is 4. The molecule has 1 fully saturated rings. The Morgan fingerprint density at radius 2 is 2.30 bits per heavy atom. The molecule has 1 aromatic carbocycles. The summed E-state index contributed by atoms with van der Waals surface area (Å²) in [5.41, 5.74) is 6.99. The van der Waals surface area contributed by atoms with Crippen LogP contribution in [-0.2, 0) is 6.54 Å². The van der Waals surface area contributed by atoms with E-state index in [9.17, 15) is 0 Å². The quantitative estimate of drug-likeness (QED) is 0.906. The van der Waals surface area contributed by atoms with E-state index >= 15 is 0 Å². The molecule has 3 rings (SSSR count). The van der Waals surface area contributed by atoms with Crippen molar-refractivity contribution < 1.29 is 14.2 Å². The molecule has 1 aromatic rings. The summed E-state index contributed by atoms with van der Waals surface area (Å²) < 4.78 is 16.3. The first-order valence-corrected chi connectivity index (χ1v) is 7.19. The smallest absolute Gasteiger partial charge is 0.231 e. The van der Waals surface area contributed by atoms with E-state index in [1.807, 2.05) is 6.07 Å². The average Bonchev–Trinajstić information content (AvgIpc) is 2.95. The third-order valence-electron chi connectivity index (χ3n) is 4.06. The molecule has 2 heterocycles. The third-order valence-corrected chi connectivity index (χ3v) is 4.06. The van der Waals surface area contributed by atoms with Gasteiger partial charge in [-0.2, -0.15) is 0 Å².